The quantitative estimate of drug-likeness (QED) is 0.447. The summed E-state index contributed by atoms with van der Waals surface area (Å²) in [5, 5.41) is 3.16. The van der Waals surface area contributed by atoms with Gasteiger partial charge in [0.1, 0.15) is 0 Å². The van der Waals surface area contributed by atoms with Crippen molar-refractivity contribution in [3.05, 3.63) is 12.7 Å². The van der Waals surface area contributed by atoms with E-state index < -0.39 is 18.9 Å². The number of allylic oxidation sites excluding steroid dienone is 1. The van der Waals surface area contributed by atoms with E-state index in [-0.39, 0.29) is 0 Å². The minimum atomic E-state index is -0.849. The number of nitrogens with one attached hydrogen (secondary N) is 1. The van der Waals surface area contributed by atoms with Gasteiger partial charge in [-0.15, -0.1) is 18.9 Å². The van der Waals surface area contributed by atoms with Gasteiger partial charge in [-0.1, -0.05) is 16.7 Å². The molecule has 0 spiro atoms. The van der Waals surface area contributed by atoms with Crippen LogP contribution in [0.5, 0.6) is 0 Å². The topological polar surface area (TPSA) is 12.0 Å². The molecule has 0 aliphatic rings. The number of halogens is 1. The first kappa shape index (κ1) is 9.17. The van der Waals surface area contributed by atoms with E-state index in [1.54, 1.807) is 0 Å². The first-order valence-corrected chi connectivity index (χ1v) is 6.89. The van der Waals surface area contributed by atoms with Gasteiger partial charge < -0.3 is 5.32 Å². The summed E-state index contributed by atoms with van der Waals surface area (Å²) in [5.74, 6) is 0. The molecule has 0 amide bonds. The monoisotopic (exact) mass is 239 g/mol. The average Bonchev–Trinajstić information content (AvgIpc) is 1.88. The summed E-state index contributed by atoms with van der Waals surface area (Å²) < 4.78 is 5.70. The van der Waals surface area contributed by atoms with Crippen LogP contribution in [0.4, 0.5) is 0 Å². The number of alkyl halides is 1. The van der Waals surface area contributed by atoms with Crippen LogP contribution in [0.2, 0.25) is 0 Å². The summed E-state index contributed by atoms with van der Waals surface area (Å²) in [6, 6.07) is 0. The second kappa shape index (κ2) is 6.29. The Bertz CT molecular complexity index is 152. The fraction of sp³-hybridized carbons (Fsp3) is 0.429. The molecule has 0 heterocycles. The SMILES string of the molecule is C=C/C=I(=CC)/CNC. The zero-order valence-corrected chi connectivity index (χ0v) is 8.18. The van der Waals surface area contributed by atoms with Gasteiger partial charge in [-0.2, -0.15) is 0 Å². The molecule has 0 rings (SSSR count). The van der Waals surface area contributed by atoms with E-state index in [2.05, 4.69) is 26.8 Å². The van der Waals surface area contributed by atoms with Crippen molar-refractivity contribution in [2.45, 2.75) is 6.92 Å². The maximum Gasteiger partial charge on any atom is 0.0384 e. The smallest absolute Gasteiger partial charge is 0.0384 e. The lowest BCUT2D eigenvalue weighted by Crippen LogP contribution is -2.01. The average molecular weight is 239 g/mol. The lowest BCUT2D eigenvalue weighted by Gasteiger charge is -1.91. The summed E-state index contributed by atoms with van der Waals surface area (Å²) in [5.41, 5.74) is 0. The van der Waals surface area contributed by atoms with Gasteiger partial charge in [-0.25, -0.2) is 0 Å². The first-order chi connectivity index (χ1) is 4.35. The molecule has 0 radical (unpaired) electrons. The second-order valence-corrected chi connectivity index (χ2v) is 6.71. The van der Waals surface area contributed by atoms with Crippen molar-refractivity contribution in [3.63, 3.8) is 0 Å². The van der Waals surface area contributed by atoms with E-state index in [1.165, 1.54) is 0 Å². The van der Waals surface area contributed by atoms with Gasteiger partial charge in [-0.3, -0.25) is 0 Å². The molecule has 0 aliphatic carbocycles. The van der Waals surface area contributed by atoms with Crippen LogP contribution >= 0.6 is 18.9 Å². The number of rotatable bonds is 3. The molecule has 0 atom stereocenters. The highest BCUT2D eigenvalue weighted by atomic mass is 127. The first-order valence-electron chi connectivity index (χ1n) is 2.88. The van der Waals surface area contributed by atoms with Crippen molar-refractivity contribution < 1.29 is 0 Å². The Labute approximate surface area is 63.5 Å². The van der Waals surface area contributed by atoms with Crippen molar-refractivity contribution in [2.24, 2.45) is 0 Å². The molecule has 0 aromatic heterocycles. The standard InChI is InChI=1S/C7H14IN/c1-4-6-8(5-2)7-9-3/h4-6,9H,1,7H2,2-3H3. The van der Waals surface area contributed by atoms with Crippen molar-refractivity contribution in [3.8, 4) is 0 Å². The highest BCUT2D eigenvalue weighted by molar-refractivity contribution is 14.2. The van der Waals surface area contributed by atoms with Gasteiger partial charge in [0, 0.05) is 4.55 Å². The Hall–Kier alpha value is 0.170. The number of hydrogen-bond donors (Lipinski definition) is 1. The molecule has 54 valence electrons. The minimum absolute atomic E-state index is 0.849. The van der Waals surface area contributed by atoms with Gasteiger partial charge >= 0.3 is 0 Å². The molecular formula is C7H14IN. The molecule has 2 heteroatoms. The fourth-order valence-electron chi connectivity index (χ4n) is 0.463. The van der Waals surface area contributed by atoms with Gasteiger partial charge in [0.15, 0.2) is 0 Å². The van der Waals surface area contributed by atoms with Gasteiger partial charge in [0.25, 0.3) is 0 Å². The van der Waals surface area contributed by atoms with Crippen LogP contribution in [0.3, 0.4) is 0 Å². The third kappa shape index (κ3) is 4.66. The molecule has 0 aliphatic heterocycles. The van der Waals surface area contributed by atoms with E-state index in [0.29, 0.717) is 0 Å². The highest BCUT2D eigenvalue weighted by Gasteiger charge is 1.73. The summed E-state index contributed by atoms with van der Waals surface area (Å²) in [6.45, 7) is 5.79. The van der Waals surface area contributed by atoms with Crippen LogP contribution in [-0.2, 0) is 0 Å². The normalized spacial score (nSPS) is 14.0. The molecule has 0 bridgehead atoms. The molecule has 0 saturated carbocycles. The highest BCUT2D eigenvalue weighted by Crippen LogP contribution is 2.03. The van der Waals surface area contributed by atoms with E-state index in [4.69, 9.17) is 0 Å². The van der Waals surface area contributed by atoms with Gasteiger partial charge in [0.05, 0.1) is 0 Å². The third-order valence-electron chi connectivity index (χ3n) is 0.819. The zero-order valence-electron chi connectivity index (χ0n) is 6.02. The predicted octanol–water partition coefficient (Wildman–Crippen LogP) is 1.48. The molecule has 0 saturated heterocycles. The van der Waals surface area contributed by atoms with Crippen molar-refractivity contribution in [1.29, 1.82) is 0 Å². The largest absolute Gasteiger partial charge is 0.312 e. The molecule has 0 fully saturated rings. The minimum Gasteiger partial charge on any atom is -0.312 e. The fourth-order valence-corrected chi connectivity index (χ4v) is 3.11. The van der Waals surface area contributed by atoms with Crippen LogP contribution in [0.25, 0.3) is 0 Å². The molecule has 0 unspecified atom stereocenters. The van der Waals surface area contributed by atoms with Crippen LogP contribution in [0.1, 0.15) is 6.92 Å². The van der Waals surface area contributed by atoms with Crippen LogP contribution in [-0.4, -0.2) is 19.6 Å². The maximum absolute atomic E-state index is 3.67. The van der Waals surface area contributed by atoms with Crippen molar-refractivity contribution in [2.75, 3.05) is 11.6 Å². The molecular weight excluding hydrogens is 225 g/mol. The van der Waals surface area contributed by atoms with Gasteiger partial charge in [-0.05, 0) is 18.0 Å². The molecule has 1 N–H and O–H groups in total. The lowest BCUT2D eigenvalue weighted by atomic mass is 10.8. The Morgan fingerprint density at radius 2 is 2.33 bits per heavy atom. The second-order valence-electron chi connectivity index (χ2n) is 1.50. The van der Waals surface area contributed by atoms with Crippen LogP contribution in [0, 0.1) is 0 Å². The van der Waals surface area contributed by atoms with Crippen LogP contribution in [0.15, 0.2) is 12.7 Å². The Balaban J connectivity index is 3.99. The predicted molar refractivity (Wildman–Crippen MR) is 55.9 cm³/mol. The number of hydrogen-bond acceptors (Lipinski definition) is 1. The molecule has 0 aromatic rings. The Morgan fingerprint density at radius 3 is 2.67 bits per heavy atom. The van der Waals surface area contributed by atoms with Crippen molar-refractivity contribution in [1.82, 2.24) is 5.32 Å². The summed E-state index contributed by atoms with van der Waals surface area (Å²) in [6.07, 6.45) is 1.90. The summed E-state index contributed by atoms with van der Waals surface area (Å²) in [4.78, 5) is 0. The molecule has 0 aromatic carbocycles. The van der Waals surface area contributed by atoms with Crippen molar-refractivity contribution >= 4 is 26.9 Å². The van der Waals surface area contributed by atoms with Crippen LogP contribution < -0.4 is 5.32 Å². The van der Waals surface area contributed by atoms with E-state index in [9.17, 15) is 0 Å². The maximum atomic E-state index is 3.67. The zero-order chi connectivity index (χ0) is 7.11. The Morgan fingerprint density at radius 1 is 1.67 bits per heavy atom. The van der Waals surface area contributed by atoms with Gasteiger partial charge in [0.2, 0.25) is 0 Å². The Kier molecular flexibility index (Phi) is 6.41. The summed E-state index contributed by atoms with van der Waals surface area (Å²) >= 11 is -0.849. The lowest BCUT2D eigenvalue weighted by molar-refractivity contribution is 1.00. The van der Waals surface area contributed by atoms with E-state index in [0.717, 1.165) is 4.55 Å². The van der Waals surface area contributed by atoms with E-state index in [1.807, 2.05) is 13.1 Å². The summed E-state index contributed by atoms with van der Waals surface area (Å²) in [7, 11) is 1.99. The molecule has 1 nitrogen and oxygen atoms in total. The molecule has 9 heavy (non-hydrogen) atoms. The third-order valence-corrected chi connectivity index (χ3v) is 5.49. The van der Waals surface area contributed by atoms with E-state index >= 15 is 0 Å².